The average molecular weight is 373 g/mol. The van der Waals surface area contributed by atoms with E-state index in [0.29, 0.717) is 12.6 Å². The third kappa shape index (κ3) is 4.61. The molecular weight excluding hydrogens is 344 g/mol. The Morgan fingerprint density at radius 3 is 2.58 bits per heavy atom. The molecular formula is C20H28N4OS. The summed E-state index contributed by atoms with van der Waals surface area (Å²) in [5.74, 6) is 0. The van der Waals surface area contributed by atoms with Crippen LogP contribution in [0.15, 0.2) is 24.5 Å². The van der Waals surface area contributed by atoms with E-state index in [4.69, 9.17) is 0 Å². The van der Waals surface area contributed by atoms with Crippen molar-refractivity contribution in [3.8, 4) is 0 Å². The molecule has 1 fully saturated rings. The molecule has 1 atom stereocenters. The van der Waals surface area contributed by atoms with Crippen molar-refractivity contribution in [1.29, 1.82) is 0 Å². The second-order valence-electron chi connectivity index (χ2n) is 7.12. The van der Waals surface area contributed by atoms with E-state index in [0.717, 1.165) is 29.1 Å². The highest BCUT2D eigenvalue weighted by Crippen LogP contribution is 2.26. The number of pyridine rings is 1. The average Bonchev–Trinajstić information content (AvgIpc) is 2.99. The molecule has 2 aromatic heterocycles. The monoisotopic (exact) mass is 372 g/mol. The minimum absolute atomic E-state index is 0.00580. The van der Waals surface area contributed by atoms with Gasteiger partial charge in [-0.1, -0.05) is 19.3 Å². The number of rotatable bonds is 5. The van der Waals surface area contributed by atoms with Crippen LogP contribution in [0.5, 0.6) is 0 Å². The number of thiazole rings is 1. The lowest BCUT2D eigenvalue weighted by Crippen LogP contribution is -2.47. The van der Waals surface area contributed by atoms with Gasteiger partial charge in [-0.25, -0.2) is 9.78 Å². The topological polar surface area (TPSA) is 58.1 Å². The molecule has 0 spiro atoms. The van der Waals surface area contributed by atoms with Gasteiger partial charge >= 0.3 is 6.03 Å². The Morgan fingerprint density at radius 2 is 1.96 bits per heavy atom. The lowest BCUT2D eigenvalue weighted by atomic mass is 9.94. The maximum Gasteiger partial charge on any atom is 0.318 e. The summed E-state index contributed by atoms with van der Waals surface area (Å²) < 4.78 is 0. The lowest BCUT2D eigenvalue weighted by Gasteiger charge is -2.35. The van der Waals surface area contributed by atoms with Crippen molar-refractivity contribution in [3.05, 3.63) is 45.7 Å². The first kappa shape index (κ1) is 18.8. The highest BCUT2D eigenvalue weighted by Gasteiger charge is 2.27. The van der Waals surface area contributed by atoms with Crippen molar-refractivity contribution in [2.24, 2.45) is 0 Å². The summed E-state index contributed by atoms with van der Waals surface area (Å²) in [6, 6.07) is 4.20. The van der Waals surface area contributed by atoms with Crippen LogP contribution < -0.4 is 5.32 Å². The Balaban J connectivity index is 1.74. The van der Waals surface area contributed by atoms with Crippen molar-refractivity contribution in [1.82, 2.24) is 20.2 Å². The van der Waals surface area contributed by atoms with Gasteiger partial charge in [-0.2, -0.15) is 0 Å². The van der Waals surface area contributed by atoms with Gasteiger partial charge in [-0.05, 0) is 51.3 Å². The van der Waals surface area contributed by atoms with Gasteiger partial charge in [0.1, 0.15) is 0 Å². The molecule has 1 N–H and O–H groups in total. The predicted molar refractivity (Wildman–Crippen MR) is 105 cm³/mol. The number of nitrogens with one attached hydrogen (secondary N) is 1. The van der Waals surface area contributed by atoms with Crippen molar-refractivity contribution >= 4 is 17.4 Å². The smallest absolute Gasteiger partial charge is 0.318 e. The van der Waals surface area contributed by atoms with Gasteiger partial charge < -0.3 is 10.2 Å². The number of hydrogen-bond donors (Lipinski definition) is 1. The molecule has 1 aliphatic carbocycles. The fraction of sp³-hybridized carbons (Fsp3) is 0.550. The van der Waals surface area contributed by atoms with Crippen LogP contribution in [0.1, 0.15) is 66.2 Å². The van der Waals surface area contributed by atoms with Crippen LogP contribution in [0.3, 0.4) is 0 Å². The number of urea groups is 1. The van der Waals surface area contributed by atoms with Crippen molar-refractivity contribution < 1.29 is 4.79 Å². The molecule has 2 aromatic rings. The summed E-state index contributed by atoms with van der Waals surface area (Å²) in [6.07, 6.45) is 9.42. The van der Waals surface area contributed by atoms with Crippen LogP contribution in [0.25, 0.3) is 0 Å². The number of hydrogen-bond acceptors (Lipinski definition) is 4. The van der Waals surface area contributed by atoms with Crippen molar-refractivity contribution in [2.75, 3.05) is 0 Å². The summed E-state index contributed by atoms with van der Waals surface area (Å²) in [5, 5.41) is 4.22. The van der Waals surface area contributed by atoms with E-state index in [1.807, 2.05) is 30.9 Å². The van der Waals surface area contributed by atoms with E-state index in [-0.39, 0.29) is 12.1 Å². The van der Waals surface area contributed by atoms with Crippen LogP contribution in [0.2, 0.25) is 0 Å². The number of aryl methyl sites for hydroxylation is 2. The van der Waals surface area contributed by atoms with E-state index in [9.17, 15) is 4.79 Å². The number of nitrogens with zero attached hydrogens (tertiary/aromatic N) is 3. The second-order valence-corrected chi connectivity index (χ2v) is 8.53. The van der Waals surface area contributed by atoms with Crippen molar-refractivity contribution in [3.63, 3.8) is 0 Å². The molecule has 1 aliphatic rings. The van der Waals surface area contributed by atoms with Crippen LogP contribution in [0.4, 0.5) is 4.79 Å². The van der Waals surface area contributed by atoms with Gasteiger partial charge in [0.25, 0.3) is 0 Å². The van der Waals surface area contributed by atoms with Gasteiger partial charge in [-0.3, -0.25) is 4.98 Å². The minimum atomic E-state index is -0.0871. The Labute approximate surface area is 159 Å². The molecule has 0 aromatic carbocycles. The first-order chi connectivity index (χ1) is 12.5. The molecule has 1 unspecified atom stereocenters. The summed E-state index contributed by atoms with van der Waals surface area (Å²) in [4.78, 5) is 25.0. The van der Waals surface area contributed by atoms with E-state index >= 15 is 0 Å². The third-order valence-electron chi connectivity index (χ3n) is 5.07. The first-order valence-corrected chi connectivity index (χ1v) is 10.3. The molecule has 2 heterocycles. The maximum atomic E-state index is 13.1. The molecule has 2 amide bonds. The molecule has 0 radical (unpaired) electrons. The molecule has 5 nitrogen and oxygen atoms in total. The number of carbonyl (C=O) groups excluding carboxylic acids is 1. The third-order valence-corrected chi connectivity index (χ3v) is 5.97. The number of carbonyl (C=O) groups is 1. The molecule has 0 aliphatic heterocycles. The highest BCUT2D eigenvalue weighted by atomic mass is 32.1. The van der Waals surface area contributed by atoms with Crippen LogP contribution >= 0.6 is 11.3 Å². The molecule has 1 saturated carbocycles. The molecule has 0 bridgehead atoms. The van der Waals surface area contributed by atoms with Gasteiger partial charge in [0.05, 0.1) is 16.7 Å². The van der Waals surface area contributed by atoms with Gasteiger partial charge in [0.15, 0.2) is 0 Å². The lowest BCUT2D eigenvalue weighted by molar-refractivity contribution is 0.148. The fourth-order valence-corrected chi connectivity index (χ4v) is 4.64. The Kier molecular flexibility index (Phi) is 6.25. The van der Waals surface area contributed by atoms with E-state index in [1.54, 1.807) is 23.7 Å². The Morgan fingerprint density at radius 1 is 1.27 bits per heavy atom. The first-order valence-electron chi connectivity index (χ1n) is 9.44. The van der Waals surface area contributed by atoms with Crippen LogP contribution in [-0.4, -0.2) is 26.9 Å². The zero-order chi connectivity index (χ0) is 18.5. The Bertz CT molecular complexity index is 725. The standard InChI is InChI=1S/C20H28N4OS/c1-14(19-15(2)26-16(3)23-19)22-20(25)24(18-7-5-4-6-8-18)13-17-9-11-21-12-10-17/h9-12,14,18H,4-8,13H2,1-3H3,(H,22,25). The fourth-order valence-electron chi connectivity index (χ4n) is 3.73. The van der Waals surface area contributed by atoms with Crippen LogP contribution in [-0.2, 0) is 6.54 Å². The number of aromatic nitrogens is 2. The molecule has 3 rings (SSSR count). The zero-order valence-electron chi connectivity index (χ0n) is 15.9. The van der Waals surface area contributed by atoms with E-state index < -0.39 is 0 Å². The molecule has 140 valence electrons. The summed E-state index contributed by atoms with van der Waals surface area (Å²) in [7, 11) is 0. The van der Waals surface area contributed by atoms with Gasteiger partial charge in [-0.15, -0.1) is 11.3 Å². The summed E-state index contributed by atoms with van der Waals surface area (Å²) in [5.41, 5.74) is 2.10. The molecule has 0 saturated heterocycles. The number of amides is 2. The van der Waals surface area contributed by atoms with Gasteiger partial charge in [0.2, 0.25) is 0 Å². The van der Waals surface area contributed by atoms with E-state index in [2.05, 4.69) is 22.2 Å². The SMILES string of the molecule is Cc1nc(C(C)NC(=O)N(Cc2ccncc2)C2CCCCC2)c(C)s1. The second kappa shape index (κ2) is 8.62. The minimum Gasteiger partial charge on any atom is -0.330 e. The summed E-state index contributed by atoms with van der Waals surface area (Å²) in [6.45, 7) is 6.72. The highest BCUT2D eigenvalue weighted by molar-refractivity contribution is 7.11. The largest absolute Gasteiger partial charge is 0.330 e. The Hall–Kier alpha value is -1.95. The maximum absolute atomic E-state index is 13.1. The predicted octanol–water partition coefficient (Wildman–Crippen LogP) is 4.76. The van der Waals surface area contributed by atoms with Crippen LogP contribution in [0, 0.1) is 13.8 Å². The van der Waals surface area contributed by atoms with Gasteiger partial charge in [0, 0.05) is 29.9 Å². The summed E-state index contributed by atoms with van der Waals surface area (Å²) >= 11 is 1.68. The molecule has 6 heteroatoms. The molecule has 26 heavy (non-hydrogen) atoms. The van der Waals surface area contributed by atoms with Crippen molar-refractivity contribution in [2.45, 2.75) is 71.5 Å². The van der Waals surface area contributed by atoms with E-state index in [1.165, 1.54) is 24.1 Å². The zero-order valence-corrected chi connectivity index (χ0v) is 16.7. The quantitative estimate of drug-likeness (QED) is 0.823. The normalized spacial score (nSPS) is 16.3.